The van der Waals surface area contributed by atoms with Gasteiger partial charge in [-0.3, -0.25) is 14.5 Å². The summed E-state index contributed by atoms with van der Waals surface area (Å²) in [7, 11) is 1.61. The van der Waals surface area contributed by atoms with Gasteiger partial charge in [-0.15, -0.1) is 0 Å². The lowest BCUT2D eigenvalue weighted by atomic mass is 10.2. The van der Waals surface area contributed by atoms with Gasteiger partial charge in [0.15, 0.2) is 0 Å². The van der Waals surface area contributed by atoms with E-state index in [0.29, 0.717) is 6.54 Å². The van der Waals surface area contributed by atoms with Crippen LogP contribution in [0.3, 0.4) is 0 Å². The second-order valence-electron chi connectivity index (χ2n) is 4.49. The molecule has 104 valence electrons. The monoisotopic (exact) mass is 256 g/mol. The first-order valence-electron chi connectivity index (χ1n) is 6.54. The molecule has 1 saturated heterocycles. The van der Waals surface area contributed by atoms with Gasteiger partial charge in [0, 0.05) is 33.2 Å². The number of nitrogens with zero attached hydrogens (tertiary/aromatic N) is 2. The average molecular weight is 256 g/mol. The topological polar surface area (TPSA) is 64.7 Å². The Morgan fingerprint density at radius 1 is 1.39 bits per heavy atom. The third kappa shape index (κ3) is 3.96. The summed E-state index contributed by atoms with van der Waals surface area (Å²) in [5.41, 5.74) is 0. The van der Waals surface area contributed by atoms with Gasteiger partial charge in [-0.2, -0.15) is 0 Å². The molecule has 1 fully saturated rings. The molecule has 1 aliphatic heterocycles. The van der Waals surface area contributed by atoms with E-state index < -0.39 is 0 Å². The van der Waals surface area contributed by atoms with Crippen LogP contribution in [0, 0.1) is 0 Å². The molecule has 0 radical (unpaired) electrons. The maximum absolute atomic E-state index is 12.3. The Labute approximate surface area is 109 Å². The van der Waals surface area contributed by atoms with Crippen LogP contribution < -0.4 is 10.6 Å². The highest BCUT2D eigenvalue weighted by Gasteiger charge is 2.26. The molecule has 0 aliphatic carbocycles. The number of carbonyl (C=O) groups is 2. The van der Waals surface area contributed by atoms with Crippen LogP contribution in [-0.4, -0.2) is 74.0 Å². The van der Waals surface area contributed by atoms with Crippen LogP contribution in [0.5, 0.6) is 0 Å². The highest BCUT2D eigenvalue weighted by molar-refractivity contribution is 5.83. The van der Waals surface area contributed by atoms with Crippen molar-refractivity contribution in [2.24, 2.45) is 0 Å². The zero-order valence-electron chi connectivity index (χ0n) is 11.5. The first kappa shape index (κ1) is 14.9. The minimum absolute atomic E-state index is 0.0585. The fraction of sp³-hybridized carbons (Fsp3) is 0.833. The number of rotatable bonds is 5. The van der Waals surface area contributed by atoms with Crippen LogP contribution in [0.4, 0.5) is 0 Å². The molecule has 1 aliphatic rings. The number of nitrogens with one attached hydrogen (secondary N) is 2. The molecule has 2 N–H and O–H groups in total. The summed E-state index contributed by atoms with van der Waals surface area (Å²) in [6.07, 6.45) is 0. The Morgan fingerprint density at radius 2 is 2.00 bits per heavy atom. The minimum Gasteiger partial charge on any atom is -0.358 e. The zero-order valence-corrected chi connectivity index (χ0v) is 11.5. The summed E-state index contributed by atoms with van der Waals surface area (Å²) in [4.78, 5) is 27.5. The molecule has 1 unspecified atom stereocenters. The Bertz CT molecular complexity index is 290. The van der Waals surface area contributed by atoms with Crippen molar-refractivity contribution in [2.75, 3.05) is 46.3 Å². The van der Waals surface area contributed by atoms with E-state index in [4.69, 9.17) is 0 Å². The molecular formula is C12H24N4O2. The Kier molecular flexibility index (Phi) is 6.07. The maximum Gasteiger partial charge on any atom is 0.239 e. The van der Waals surface area contributed by atoms with E-state index in [1.54, 1.807) is 7.05 Å². The molecule has 0 aromatic heterocycles. The lowest BCUT2D eigenvalue weighted by Gasteiger charge is -2.33. The number of carbonyl (C=O) groups excluding carboxylic acids is 2. The molecule has 0 spiro atoms. The zero-order chi connectivity index (χ0) is 13.5. The number of hydrogen-bond acceptors (Lipinski definition) is 4. The third-order valence-electron chi connectivity index (χ3n) is 3.37. The van der Waals surface area contributed by atoms with Crippen molar-refractivity contribution in [1.82, 2.24) is 20.4 Å². The van der Waals surface area contributed by atoms with Crippen LogP contribution in [0.15, 0.2) is 0 Å². The molecule has 0 aromatic carbocycles. The van der Waals surface area contributed by atoms with E-state index in [1.165, 1.54) is 0 Å². The smallest absolute Gasteiger partial charge is 0.239 e. The van der Waals surface area contributed by atoms with Gasteiger partial charge in [0.05, 0.1) is 12.6 Å². The lowest BCUT2D eigenvalue weighted by molar-refractivity contribution is -0.137. The number of hydrogen-bond donors (Lipinski definition) is 2. The van der Waals surface area contributed by atoms with Gasteiger partial charge in [-0.05, 0) is 13.5 Å². The number of piperazine rings is 1. The van der Waals surface area contributed by atoms with E-state index in [0.717, 1.165) is 26.2 Å². The molecule has 1 heterocycles. The second kappa shape index (κ2) is 7.33. The maximum atomic E-state index is 12.3. The van der Waals surface area contributed by atoms with Crippen molar-refractivity contribution in [3.63, 3.8) is 0 Å². The van der Waals surface area contributed by atoms with Gasteiger partial charge in [0.1, 0.15) is 0 Å². The highest BCUT2D eigenvalue weighted by Crippen LogP contribution is 2.05. The van der Waals surface area contributed by atoms with Crippen LogP contribution in [-0.2, 0) is 9.59 Å². The van der Waals surface area contributed by atoms with Crippen molar-refractivity contribution >= 4 is 11.8 Å². The molecule has 6 heteroatoms. The fourth-order valence-electron chi connectivity index (χ4n) is 2.09. The van der Waals surface area contributed by atoms with E-state index in [2.05, 4.69) is 10.6 Å². The van der Waals surface area contributed by atoms with E-state index in [-0.39, 0.29) is 24.4 Å². The summed E-state index contributed by atoms with van der Waals surface area (Å²) in [5, 5.41) is 5.81. The quantitative estimate of drug-likeness (QED) is 0.654. The largest absolute Gasteiger partial charge is 0.358 e. The van der Waals surface area contributed by atoms with Gasteiger partial charge in [0.2, 0.25) is 11.8 Å². The van der Waals surface area contributed by atoms with Crippen LogP contribution in [0.1, 0.15) is 13.8 Å². The van der Waals surface area contributed by atoms with Gasteiger partial charge in [0.25, 0.3) is 0 Å². The molecule has 0 aromatic rings. The standard InChI is InChI=1S/C12H24N4O2/c1-4-15(9-11(17)13-3)10(2)12(18)16-7-5-14-6-8-16/h10,14H,4-9H2,1-3H3,(H,13,17). The Balaban J connectivity index is 2.55. The van der Waals surface area contributed by atoms with Crippen molar-refractivity contribution < 1.29 is 9.59 Å². The van der Waals surface area contributed by atoms with Crippen molar-refractivity contribution in [2.45, 2.75) is 19.9 Å². The Morgan fingerprint density at radius 3 is 2.50 bits per heavy atom. The first-order chi connectivity index (χ1) is 8.60. The molecule has 1 rings (SSSR count). The minimum atomic E-state index is -0.245. The summed E-state index contributed by atoms with van der Waals surface area (Å²) >= 11 is 0. The van der Waals surface area contributed by atoms with Gasteiger partial charge in [-0.25, -0.2) is 0 Å². The van der Waals surface area contributed by atoms with Crippen molar-refractivity contribution in [3.05, 3.63) is 0 Å². The first-order valence-corrected chi connectivity index (χ1v) is 6.54. The number of amides is 2. The van der Waals surface area contributed by atoms with E-state index in [9.17, 15) is 9.59 Å². The van der Waals surface area contributed by atoms with Gasteiger partial charge >= 0.3 is 0 Å². The average Bonchev–Trinajstić information content (AvgIpc) is 2.43. The normalized spacial score (nSPS) is 17.7. The van der Waals surface area contributed by atoms with Crippen molar-refractivity contribution in [3.8, 4) is 0 Å². The van der Waals surface area contributed by atoms with Crippen LogP contribution >= 0.6 is 0 Å². The third-order valence-corrected chi connectivity index (χ3v) is 3.37. The highest BCUT2D eigenvalue weighted by atomic mass is 16.2. The lowest BCUT2D eigenvalue weighted by Crippen LogP contribution is -2.54. The van der Waals surface area contributed by atoms with Gasteiger partial charge in [-0.1, -0.05) is 6.92 Å². The summed E-state index contributed by atoms with van der Waals surface area (Å²) in [6, 6.07) is -0.245. The molecule has 18 heavy (non-hydrogen) atoms. The molecule has 0 saturated carbocycles. The molecule has 6 nitrogen and oxygen atoms in total. The van der Waals surface area contributed by atoms with E-state index in [1.807, 2.05) is 23.6 Å². The predicted octanol–water partition coefficient (Wildman–Crippen LogP) is -1.13. The molecule has 1 atom stereocenters. The summed E-state index contributed by atoms with van der Waals surface area (Å²) < 4.78 is 0. The van der Waals surface area contributed by atoms with Crippen LogP contribution in [0.2, 0.25) is 0 Å². The molecule has 0 bridgehead atoms. The van der Waals surface area contributed by atoms with Gasteiger partial charge < -0.3 is 15.5 Å². The Hall–Kier alpha value is -1.14. The van der Waals surface area contributed by atoms with Crippen molar-refractivity contribution in [1.29, 1.82) is 0 Å². The van der Waals surface area contributed by atoms with E-state index >= 15 is 0 Å². The fourth-order valence-corrected chi connectivity index (χ4v) is 2.09. The summed E-state index contributed by atoms with van der Waals surface area (Å²) in [5.74, 6) is 0.0547. The molecule has 2 amide bonds. The van der Waals surface area contributed by atoms with Crippen LogP contribution in [0.25, 0.3) is 0 Å². The second-order valence-corrected chi connectivity index (χ2v) is 4.49. The SMILES string of the molecule is CCN(CC(=O)NC)C(C)C(=O)N1CCNCC1. The number of likely N-dealkylation sites (N-methyl/N-ethyl adjacent to an activating group) is 2. The molecular weight excluding hydrogens is 232 g/mol. The summed E-state index contributed by atoms with van der Waals surface area (Å²) in [6.45, 7) is 7.99. The predicted molar refractivity (Wildman–Crippen MR) is 70.2 cm³/mol.